The summed E-state index contributed by atoms with van der Waals surface area (Å²) in [5, 5.41) is 13.8. The molecule has 2 N–H and O–H groups in total. The van der Waals surface area contributed by atoms with E-state index in [1.807, 2.05) is 64.2 Å². The first-order chi connectivity index (χ1) is 19.6. The maximum atomic E-state index is 13.3. The molecule has 1 aromatic heterocycles. The number of unbranched alkanes of at least 4 members (excludes halogenated alkanes) is 1. The van der Waals surface area contributed by atoms with E-state index in [1.165, 1.54) is 11.1 Å². The number of hydrogen-bond acceptors (Lipinski definition) is 3. The second kappa shape index (κ2) is 13.1. The van der Waals surface area contributed by atoms with Gasteiger partial charge in [-0.1, -0.05) is 69.7 Å². The van der Waals surface area contributed by atoms with Crippen molar-refractivity contribution in [2.75, 3.05) is 0 Å². The van der Waals surface area contributed by atoms with Crippen LogP contribution in [-0.4, -0.2) is 27.7 Å². The number of nitrogens with zero attached hydrogens (tertiary/aromatic N) is 1. The number of nitrogens with one attached hydrogen (secondary N) is 1. The van der Waals surface area contributed by atoms with Gasteiger partial charge in [0.05, 0.1) is 6.04 Å². The highest BCUT2D eigenvalue weighted by Gasteiger charge is 2.24. The monoisotopic (exact) mass is 554 g/mol. The van der Waals surface area contributed by atoms with Crippen LogP contribution in [0.25, 0.3) is 10.9 Å². The summed E-state index contributed by atoms with van der Waals surface area (Å²) in [6.07, 6.45) is 3.13. The molecule has 3 aromatic carbocycles. The molecule has 0 saturated heterocycles. The molecule has 2 atom stereocenters. The van der Waals surface area contributed by atoms with Gasteiger partial charge in [-0.15, -0.1) is 0 Å². The van der Waals surface area contributed by atoms with Gasteiger partial charge in [-0.05, 0) is 79.6 Å². The Kier molecular flexibility index (Phi) is 9.53. The third-order valence-corrected chi connectivity index (χ3v) is 7.90. The highest BCUT2D eigenvalue weighted by atomic mass is 16.5. The number of carbonyl (C=O) groups is 2. The average Bonchev–Trinajstić information content (AvgIpc) is 3.19. The molecule has 0 saturated carbocycles. The van der Waals surface area contributed by atoms with Crippen molar-refractivity contribution in [3.63, 3.8) is 0 Å². The Labute approximate surface area is 243 Å². The Bertz CT molecular complexity index is 1530. The molecule has 6 heteroatoms. The molecule has 0 spiro atoms. The Morgan fingerprint density at radius 2 is 1.71 bits per heavy atom. The predicted molar refractivity (Wildman–Crippen MR) is 165 cm³/mol. The molecule has 0 aliphatic carbocycles. The fourth-order valence-corrected chi connectivity index (χ4v) is 5.32. The molecule has 1 amide bonds. The van der Waals surface area contributed by atoms with Gasteiger partial charge in [-0.3, -0.25) is 4.79 Å². The highest BCUT2D eigenvalue weighted by Crippen LogP contribution is 2.30. The number of benzene rings is 3. The van der Waals surface area contributed by atoms with E-state index in [0.717, 1.165) is 47.0 Å². The van der Waals surface area contributed by atoms with Crippen LogP contribution < -0.4 is 10.1 Å². The van der Waals surface area contributed by atoms with Crippen LogP contribution in [0.1, 0.15) is 84.9 Å². The molecule has 4 rings (SSSR count). The number of carboxylic acids is 1. The fraction of sp³-hybridized carbons (Fsp3) is 0.371. The van der Waals surface area contributed by atoms with Crippen LogP contribution >= 0.6 is 0 Å². The Morgan fingerprint density at radius 1 is 0.976 bits per heavy atom. The summed E-state index contributed by atoms with van der Waals surface area (Å²) in [6, 6.07) is 21.9. The molecule has 216 valence electrons. The third-order valence-electron chi connectivity index (χ3n) is 7.90. The molecule has 6 nitrogen and oxygen atoms in total. The zero-order valence-electron chi connectivity index (χ0n) is 25.0. The van der Waals surface area contributed by atoms with Crippen molar-refractivity contribution in [1.82, 2.24) is 9.88 Å². The summed E-state index contributed by atoms with van der Waals surface area (Å²) < 4.78 is 7.95. The first-order valence-electron chi connectivity index (χ1n) is 14.5. The molecular formula is C35H42N2O4. The Hall–Kier alpha value is -4.06. The maximum Gasteiger partial charge on any atom is 0.345 e. The van der Waals surface area contributed by atoms with Crippen LogP contribution in [0, 0.1) is 12.8 Å². The smallest absolute Gasteiger partial charge is 0.345 e. The Morgan fingerprint density at radius 3 is 2.41 bits per heavy atom. The van der Waals surface area contributed by atoms with E-state index in [-0.39, 0.29) is 17.9 Å². The number of fused-ring (bicyclic) bond motifs is 1. The van der Waals surface area contributed by atoms with Crippen molar-refractivity contribution in [3.05, 3.63) is 100 Å². The minimum absolute atomic E-state index is 0.0956. The first-order valence-corrected chi connectivity index (χ1v) is 14.5. The molecule has 41 heavy (non-hydrogen) atoms. The maximum absolute atomic E-state index is 13.3. The standard InChI is InChI=1S/C35H42N2O4/c1-7-8-11-25-12-9-14-27(18-25)23(4)36-34(38)28-16-17-30-31(24(5)37(6)32(30)21-28)20-26-13-10-15-29(19-26)41-33(22(2)3)35(39)40/h9-10,12-19,21-23,33H,7-8,11,20H2,1-6H3,(H,36,38)(H,39,40)/t23-,33?/m0/s1. The molecule has 1 heterocycles. The lowest BCUT2D eigenvalue weighted by Gasteiger charge is -2.18. The molecule has 0 radical (unpaired) electrons. The fourth-order valence-electron chi connectivity index (χ4n) is 5.32. The Balaban J connectivity index is 1.53. The SMILES string of the molecule is CCCCc1cccc([C@H](C)NC(=O)c2ccc3c(Cc4cccc(OC(C(=O)O)C(C)C)c4)c(C)n(C)c3c2)c1. The van der Waals surface area contributed by atoms with Crippen LogP contribution in [-0.2, 0) is 24.7 Å². The van der Waals surface area contributed by atoms with Crippen LogP contribution in [0.4, 0.5) is 0 Å². The van der Waals surface area contributed by atoms with E-state index in [9.17, 15) is 14.7 Å². The molecule has 0 aliphatic heterocycles. The van der Waals surface area contributed by atoms with Crippen molar-refractivity contribution in [3.8, 4) is 5.75 Å². The van der Waals surface area contributed by atoms with Gasteiger partial charge in [0.1, 0.15) is 5.75 Å². The number of aromatic nitrogens is 1. The van der Waals surface area contributed by atoms with Crippen LogP contribution in [0.5, 0.6) is 5.75 Å². The minimum atomic E-state index is -0.968. The lowest BCUT2D eigenvalue weighted by atomic mass is 10.00. The average molecular weight is 555 g/mol. The van der Waals surface area contributed by atoms with Gasteiger partial charge >= 0.3 is 5.97 Å². The number of carboxylic acid groups (broad SMARTS) is 1. The van der Waals surface area contributed by atoms with E-state index in [4.69, 9.17) is 4.74 Å². The molecule has 0 bridgehead atoms. The number of aryl methyl sites for hydroxylation is 2. The summed E-state index contributed by atoms with van der Waals surface area (Å²) in [5.74, 6) is -0.668. The summed E-state index contributed by atoms with van der Waals surface area (Å²) in [5.41, 5.74) is 7.36. The number of aliphatic carboxylic acids is 1. The molecule has 0 aliphatic rings. The van der Waals surface area contributed by atoms with Gasteiger partial charge in [0, 0.05) is 35.1 Å². The molecular weight excluding hydrogens is 512 g/mol. The van der Waals surface area contributed by atoms with E-state index < -0.39 is 12.1 Å². The molecule has 1 unspecified atom stereocenters. The number of carbonyl (C=O) groups excluding carboxylic acids is 1. The van der Waals surface area contributed by atoms with Crippen molar-refractivity contribution in [2.24, 2.45) is 13.0 Å². The van der Waals surface area contributed by atoms with Crippen molar-refractivity contribution < 1.29 is 19.4 Å². The van der Waals surface area contributed by atoms with E-state index in [2.05, 4.69) is 48.0 Å². The highest BCUT2D eigenvalue weighted by molar-refractivity contribution is 5.99. The lowest BCUT2D eigenvalue weighted by molar-refractivity contribution is -0.147. The summed E-state index contributed by atoms with van der Waals surface area (Å²) in [4.78, 5) is 24.9. The minimum Gasteiger partial charge on any atom is -0.478 e. The largest absolute Gasteiger partial charge is 0.478 e. The van der Waals surface area contributed by atoms with Gasteiger partial charge < -0.3 is 19.7 Å². The lowest BCUT2D eigenvalue weighted by Crippen LogP contribution is -2.32. The first kappa shape index (κ1) is 29.9. The number of ether oxygens (including phenoxy) is 1. The summed E-state index contributed by atoms with van der Waals surface area (Å²) in [7, 11) is 2.02. The van der Waals surface area contributed by atoms with Crippen LogP contribution in [0.3, 0.4) is 0 Å². The van der Waals surface area contributed by atoms with Gasteiger partial charge in [-0.25, -0.2) is 4.79 Å². The van der Waals surface area contributed by atoms with E-state index >= 15 is 0 Å². The third kappa shape index (κ3) is 6.99. The summed E-state index contributed by atoms with van der Waals surface area (Å²) in [6.45, 7) is 9.98. The number of rotatable bonds is 12. The van der Waals surface area contributed by atoms with Crippen molar-refractivity contribution >= 4 is 22.8 Å². The second-order valence-corrected chi connectivity index (χ2v) is 11.3. The van der Waals surface area contributed by atoms with Gasteiger partial charge in [0.2, 0.25) is 0 Å². The quantitative estimate of drug-likeness (QED) is 0.191. The number of amides is 1. The van der Waals surface area contributed by atoms with Crippen molar-refractivity contribution in [1.29, 1.82) is 0 Å². The van der Waals surface area contributed by atoms with Gasteiger partial charge in [-0.2, -0.15) is 0 Å². The van der Waals surface area contributed by atoms with Crippen LogP contribution in [0.15, 0.2) is 66.7 Å². The second-order valence-electron chi connectivity index (χ2n) is 11.3. The number of hydrogen-bond donors (Lipinski definition) is 2. The van der Waals surface area contributed by atoms with Gasteiger partial charge in [0.25, 0.3) is 5.91 Å². The predicted octanol–water partition coefficient (Wildman–Crippen LogP) is 7.40. The molecule has 4 aromatic rings. The van der Waals surface area contributed by atoms with Gasteiger partial charge in [0.15, 0.2) is 6.10 Å². The zero-order valence-corrected chi connectivity index (χ0v) is 25.0. The summed E-state index contributed by atoms with van der Waals surface area (Å²) >= 11 is 0. The topological polar surface area (TPSA) is 80.6 Å². The van der Waals surface area contributed by atoms with Crippen molar-refractivity contribution in [2.45, 2.75) is 72.4 Å². The van der Waals surface area contributed by atoms with E-state index in [1.54, 1.807) is 6.07 Å². The molecule has 0 fully saturated rings. The van der Waals surface area contributed by atoms with E-state index in [0.29, 0.717) is 17.7 Å². The normalized spacial score (nSPS) is 12.9. The van der Waals surface area contributed by atoms with Crippen LogP contribution in [0.2, 0.25) is 0 Å². The zero-order chi connectivity index (χ0) is 29.7.